The second-order valence-corrected chi connectivity index (χ2v) is 5.72. The maximum atomic E-state index is 5.97. The van der Waals surface area contributed by atoms with Crippen LogP contribution in [0.3, 0.4) is 0 Å². The normalized spacial score (nSPS) is 17.4. The molecule has 23 heavy (non-hydrogen) atoms. The molecule has 1 heterocycles. The molecular weight excluding hydrogens is 288 g/mol. The van der Waals surface area contributed by atoms with Crippen LogP contribution >= 0.6 is 0 Å². The van der Waals surface area contributed by atoms with E-state index in [2.05, 4.69) is 27.4 Å². The Bertz CT molecular complexity index is 685. The second-order valence-electron chi connectivity index (χ2n) is 5.72. The Kier molecular flexibility index (Phi) is 4.76. The van der Waals surface area contributed by atoms with Crippen molar-refractivity contribution in [1.82, 2.24) is 4.98 Å². The number of benzene rings is 1. The summed E-state index contributed by atoms with van der Waals surface area (Å²) >= 11 is 0. The number of anilines is 1. The number of nitrogens with zero attached hydrogens (tertiary/aromatic N) is 2. The fourth-order valence-electron chi connectivity index (χ4n) is 3.02. The summed E-state index contributed by atoms with van der Waals surface area (Å²) < 4.78 is 5.32. The Morgan fingerprint density at radius 2 is 2.30 bits per heavy atom. The van der Waals surface area contributed by atoms with Gasteiger partial charge in [0, 0.05) is 18.7 Å². The lowest BCUT2D eigenvalue weighted by Crippen LogP contribution is -2.24. The molecule has 3 rings (SSSR count). The highest BCUT2D eigenvalue weighted by Gasteiger charge is 2.20. The Labute approximate surface area is 136 Å². The van der Waals surface area contributed by atoms with Crippen molar-refractivity contribution >= 4 is 11.8 Å². The zero-order valence-corrected chi connectivity index (χ0v) is 13.3. The van der Waals surface area contributed by atoms with E-state index in [9.17, 15) is 0 Å². The Balaban J connectivity index is 1.68. The highest BCUT2D eigenvalue weighted by molar-refractivity contribution is 5.91. The van der Waals surface area contributed by atoms with Gasteiger partial charge in [0.2, 0.25) is 0 Å². The van der Waals surface area contributed by atoms with E-state index in [0.717, 1.165) is 18.6 Å². The summed E-state index contributed by atoms with van der Waals surface area (Å²) in [6.07, 6.45) is 5.14. The smallest absolute Gasteiger partial charge is 0.194 e. The lowest BCUT2D eigenvalue weighted by atomic mass is 9.83. The summed E-state index contributed by atoms with van der Waals surface area (Å²) in [7, 11) is 1.70. The van der Waals surface area contributed by atoms with Gasteiger partial charge in [0.15, 0.2) is 5.96 Å². The molecule has 5 nitrogen and oxygen atoms in total. The van der Waals surface area contributed by atoms with Crippen molar-refractivity contribution in [3.05, 3.63) is 53.7 Å². The van der Waals surface area contributed by atoms with Crippen molar-refractivity contribution in [2.45, 2.75) is 25.2 Å². The van der Waals surface area contributed by atoms with Gasteiger partial charge in [-0.2, -0.15) is 0 Å². The van der Waals surface area contributed by atoms with Crippen LogP contribution in [0.4, 0.5) is 5.82 Å². The van der Waals surface area contributed by atoms with Gasteiger partial charge in [-0.3, -0.25) is 4.99 Å². The average molecular weight is 310 g/mol. The molecule has 0 saturated carbocycles. The van der Waals surface area contributed by atoms with Crippen molar-refractivity contribution < 1.29 is 4.74 Å². The molecule has 0 aliphatic heterocycles. The van der Waals surface area contributed by atoms with Crippen LogP contribution in [0.5, 0.6) is 5.75 Å². The molecule has 3 N–H and O–H groups in total. The standard InChI is InChI=1S/C18H22N4O/c1-23-15-8-9-16-13(11-15)5-4-6-14(16)12-21-18(19)22-17-7-2-3-10-20-17/h2-3,7-11,14H,4-6,12H2,1H3,(H3,19,20,21,22). The largest absolute Gasteiger partial charge is 0.497 e. The molecule has 5 heteroatoms. The van der Waals surface area contributed by atoms with Crippen molar-refractivity contribution in [3.63, 3.8) is 0 Å². The van der Waals surface area contributed by atoms with E-state index in [0.29, 0.717) is 24.2 Å². The molecule has 0 radical (unpaired) electrons. The van der Waals surface area contributed by atoms with Crippen molar-refractivity contribution in [3.8, 4) is 5.75 Å². The first-order valence-electron chi connectivity index (χ1n) is 7.91. The summed E-state index contributed by atoms with van der Waals surface area (Å²) in [5.74, 6) is 2.45. The number of nitrogens with one attached hydrogen (secondary N) is 1. The molecule has 1 aromatic carbocycles. The van der Waals surface area contributed by atoms with E-state index in [4.69, 9.17) is 10.5 Å². The molecule has 0 saturated heterocycles. The molecular formula is C18H22N4O. The van der Waals surface area contributed by atoms with E-state index < -0.39 is 0 Å². The number of hydrogen-bond donors (Lipinski definition) is 2. The number of aryl methyl sites for hydroxylation is 1. The van der Waals surface area contributed by atoms with Gasteiger partial charge in [0.05, 0.1) is 7.11 Å². The number of ether oxygens (including phenoxy) is 1. The Hall–Kier alpha value is -2.56. The summed E-state index contributed by atoms with van der Waals surface area (Å²) in [4.78, 5) is 8.68. The Morgan fingerprint density at radius 3 is 3.09 bits per heavy atom. The lowest BCUT2D eigenvalue weighted by Gasteiger charge is -2.24. The van der Waals surface area contributed by atoms with Crippen molar-refractivity contribution in [1.29, 1.82) is 0 Å². The molecule has 0 fully saturated rings. The van der Waals surface area contributed by atoms with Crippen molar-refractivity contribution in [2.24, 2.45) is 10.7 Å². The van der Waals surface area contributed by atoms with Crippen LogP contribution in [-0.4, -0.2) is 24.6 Å². The third kappa shape index (κ3) is 3.80. The van der Waals surface area contributed by atoms with Crippen LogP contribution in [0.25, 0.3) is 0 Å². The number of methoxy groups -OCH3 is 1. The van der Waals surface area contributed by atoms with Gasteiger partial charge < -0.3 is 15.8 Å². The van der Waals surface area contributed by atoms with E-state index >= 15 is 0 Å². The second kappa shape index (κ2) is 7.13. The summed E-state index contributed by atoms with van der Waals surface area (Å²) in [5.41, 5.74) is 8.70. The number of guanidine groups is 1. The first-order chi connectivity index (χ1) is 11.3. The number of fused-ring (bicyclic) bond motifs is 1. The minimum absolute atomic E-state index is 0.407. The average Bonchev–Trinajstić information content (AvgIpc) is 2.60. The fraction of sp³-hybridized carbons (Fsp3) is 0.333. The van der Waals surface area contributed by atoms with Crippen LogP contribution < -0.4 is 15.8 Å². The van der Waals surface area contributed by atoms with Gasteiger partial charge in [-0.1, -0.05) is 12.1 Å². The zero-order valence-electron chi connectivity index (χ0n) is 13.3. The minimum Gasteiger partial charge on any atom is -0.497 e. The highest BCUT2D eigenvalue weighted by Crippen LogP contribution is 2.33. The molecule has 0 spiro atoms. The van der Waals surface area contributed by atoms with Gasteiger partial charge >= 0.3 is 0 Å². The molecule has 0 bridgehead atoms. The van der Waals surface area contributed by atoms with Crippen molar-refractivity contribution in [2.75, 3.05) is 19.0 Å². The molecule has 1 aromatic heterocycles. The van der Waals surface area contributed by atoms with E-state index in [1.54, 1.807) is 13.3 Å². The maximum absolute atomic E-state index is 5.97. The molecule has 1 aliphatic rings. The summed E-state index contributed by atoms with van der Waals surface area (Å²) in [6.45, 7) is 0.686. The first-order valence-corrected chi connectivity index (χ1v) is 7.91. The summed E-state index contributed by atoms with van der Waals surface area (Å²) in [6, 6.07) is 12.0. The van der Waals surface area contributed by atoms with Gasteiger partial charge in [-0.05, 0) is 54.7 Å². The van der Waals surface area contributed by atoms with E-state index in [1.807, 2.05) is 24.3 Å². The number of aliphatic imine (C=N–C) groups is 1. The topological polar surface area (TPSA) is 72.5 Å². The number of nitrogens with two attached hydrogens (primary N) is 1. The molecule has 1 aliphatic carbocycles. The molecule has 120 valence electrons. The lowest BCUT2D eigenvalue weighted by molar-refractivity contribution is 0.413. The Morgan fingerprint density at radius 1 is 1.39 bits per heavy atom. The highest BCUT2D eigenvalue weighted by atomic mass is 16.5. The quantitative estimate of drug-likeness (QED) is 0.673. The van der Waals surface area contributed by atoms with Gasteiger partial charge in [-0.25, -0.2) is 4.98 Å². The maximum Gasteiger partial charge on any atom is 0.194 e. The first kappa shape index (κ1) is 15.3. The van der Waals surface area contributed by atoms with Crippen LogP contribution in [0, 0.1) is 0 Å². The zero-order chi connectivity index (χ0) is 16.1. The monoisotopic (exact) mass is 310 g/mol. The predicted molar refractivity (Wildman–Crippen MR) is 93.0 cm³/mol. The van der Waals surface area contributed by atoms with Crippen LogP contribution in [-0.2, 0) is 6.42 Å². The third-order valence-electron chi connectivity index (χ3n) is 4.19. The fourth-order valence-corrected chi connectivity index (χ4v) is 3.02. The van der Waals surface area contributed by atoms with E-state index in [1.165, 1.54) is 17.5 Å². The molecule has 2 aromatic rings. The van der Waals surface area contributed by atoms with Gasteiger partial charge in [-0.15, -0.1) is 0 Å². The van der Waals surface area contributed by atoms with Gasteiger partial charge in [0.1, 0.15) is 11.6 Å². The molecule has 1 unspecified atom stereocenters. The third-order valence-corrected chi connectivity index (χ3v) is 4.19. The molecule has 1 atom stereocenters. The van der Waals surface area contributed by atoms with Gasteiger partial charge in [0.25, 0.3) is 0 Å². The van der Waals surface area contributed by atoms with Crippen LogP contribution in [0.1, 0.15) is 29.9 Å². The van der Waals surface area contributed by atoms with Crippen LogP contribution in [0.15, 0.2) is 47.6 Å². The molecule has 0 amide bonds. The van der Waals surface area contributed by atoms with E-state index in [-0.39, 0.29) is 0 Å². The number of rotatable bonds is 4. The number of pyridine rings is 1. The van der Waals surface area contributed by atoms with Crippen LogP contribution in [0.2, 0.25) is 0 Å². The minimum atomic E-state index is 0.407. The summed E-state index contributed by atoms with van der Waals surface area (Å²) in [5, 5.41) is 3.02. The number of hydrogen-bond acceptors (Lipinski definition) is 3. The number of aromatic nitrogens is 1. The SMILES string of the molecule is COc1ccc2c(c1)CCCC2CN=C(N)Nc1ccccn1. The predicted octanol–water partition coefficient (Wildman–Crippen LogP) is 2.94.